The Morgan fingerprint density at radius 1 is 1.28 bits per heavy atom. The lowest BCUT2D eigenvalue weighted by Gasteiger charge is -2.28. The molecule has 0 radical (unpaired) electrons. The summed E-state index contributed by atoms with van der Waals surface area (Å²) in [6.45, 7) is 2.68. The van der Waals surface area contributed by atoms with Gasteiger partial charge in [0.05, 0.1) is 31.3 Å². The van der Waals surface area contributed by atoms with E-state index in [4.69, 9.17) is 14.5 Å². The SMILES string of the molecule is COC(=O)c1csc2nc(-c3ccccn3)nc(N3CCOCC3)c12. The number of hydrogen-bond donors (Lipinski definition) is 0. The van der Waals surface area contributed by atoms with Crippen LogP contribution in [0.25, 0.3) is 21.7 Å². The van der Waals surface area contributed by atoms with Crippen molar-refractivity contribution < 1.29 is 14.3 Å². The third-order valence-corrected chi connectivity index (χ3v) is 4.90. The smallest absolute Gasteiger partial charge is 0.339 e. The number of ether oxygens (including phenoxy) is 2. The molecule has 0 atom stereocenters. The maximum absolute atomic E-state index is 12.2. The van der Waals surface area contributed by atoms with E-state index in [9.17, 15) is 4.79 Å². The number of hydrogen-bond acceptors (Lipinski definition) is 8. The third kappa shape index (κ3) is 2.94. The zero-order chi connectivity index (χ0) is 17.2. The second-order valence-corrected chi connectivity index (χ2v) is 6.36. The molecule has 1 fully saturated rings. The molecule has 0 saturated carbocycles. The van der Waals surface area contributed by atoms with Crippen LogP contribution in [0.3, 0.4) is 0 Å². The Balaban J connectivity index is 1.92. The van der Waals surface area contributed by atoms with Crippen LogP contribution in [0, 0.1) is 0 Å². The van der Waals surface area contributed by atoms with Crippen molar-refractivity contribution in [3.8, 4) is 11.5 Å². The van der Waals surface area contributed by atoms with E-state index >= 15 is 0 Å². The van der Waals surface area contributed by atoms with Crippen LogP contribution in [0.5, 0.6) is 0 Å². The average Bonchev–Trinajstić information content (AvgIpc) is 3.12. The van der Waals surface area contributed by atoms with Gasteiger partial charge in [0.15, 0.2) is 5.82 Å². The number of carbonyl (C=O) groups excluding carboxylic acids is 1. The Labute approximate surface area is 148 Å². The molecular formula is C17H16N4O3S. The van der Waals surface area contributed by atoms with Crippen LogP contribution in [0.1, 0.15) is 10.4 Å². The molecule has 0 aliphatic carbocycles. The third-order valence-electron chi connectivity index (χ3n) is 4.02. The minimum absolute atomic E-state index is 0.380. The van der Waals surface area contributed by atoms with Crippen molar-refractivity contribution >= 4 is 33.3 Å². The maximum Gasteiger partial charge on any atom is 0.339 e. The van der Waals surface area contributed by atoms with Gasteiger partial charge < -0.3 is 14.4 Å². The molecular weight excluding hydrogens is 340 g/mol. The highest BCUT2D eigenvalue weighted by Gasteiger charge is 2.24. The van der Waals surface area contributed by atoms with E-state index in [1.807, 2.05) is 18.2 Å². The normalized spacial score (nSPS) is 14.7. The number of thiophene rings is 1. The number of methoxy groups -OCH3 is 1. The number of nitrogens with zero attached hydrogens (tertiary/aromatic N) is 4. The number of esters is 1. The highest BCUT2D eigenvalue weighted by atomic mass is 32.1. The van der Waals surface area contributed by atoms with Crippen molar-refractivity contribution in [2.24, 2.45) is 0 Å². The average molecular weight is 356 g/mol. The summed E-state index contributed by atoms with van der Waals surface area (Å²) in [5, 5.41) is 2.51. The van der Waals surface area contributed by atoms with Gasteiger partial charge in [0.2, 0.25) is 0 Å². The van der Waals surface area contributed by atoms with Crippen LogP contribution >= 0.6 is 11.3 Å². The molecule has 0 bridgehead atoms. The van der Waals surface area contributed by atoms with E-state index < -0.39 is 0 Å². The highest BCUT2D eigenvalue weighted by molar-refractivity contribution is 7.17. The Hall–Kier alpha value is -2.58. The first-order valence-electron chi connectivity index (χ1n) is 7.89. The van der Waals surface area contributed by atoms with E-state index in [0.29, 0.717) is 43.4 Å². The van der Waals surface area contributed by atoms with E-state index in [2.05, 4.69) is 14.9 Å². The predicted octanol–water partition coefficient (Wildman–Crippen LogP) is 2.38. The minimum Gasteiger partial charge on any atom is -0.465 e. The highest BCUT2D eigenvalue weighted by Crippen LogP contribution is 2.34. The summed E-state index contributed by atoms with van der Waals surface area (Å²) in [7, 11) is 1.38. The standard InChI is InChI=1S/C17H16N4O3S/c1-23-17(22)11-10-25-16-13(11)15(21-6-8-24-9-7-21)19-14(20-16)12-4-2-3-5-18-12/h2-5,10H,6-9H2,1H3. The van der Waals surface area contributed by atoms with Crippen LogP contribution in [0.15, 0.2) is 29.8 Å². The number of pyridine rings is 1. The predicted molar refractivity (Wildman–Crippen MR) is 95.0 cm³/mol. The summed E-state index contributed by atoms with van der Waals surface area (Å²) in [6.07, 6.45) is 1.71. The van der Waals surface area contributed by atoms with Crippen LogP contribution in [0.4, 0.5) is 5.82 Å². The lowest BCUT2D eigenvalue weighted by atomic mass is 10.2. The second kappa shape index (κ2) is 6.73. The molecule has 128 valence electrons. The molecule has 3 aromatic heterocycles. The van der Waals surface area contributed by atoms with Crippen molar-refractivity contribution in [1.82, 2.24) is 15.0 Å². The summed E-state index contributed by atoms with van der Waals surface area (Å²) in [4.78, 5) is 28.7. The Bertz CT molecular complexity index is 907. The molecule has 1 aliphatic rings. The number of morpholine rings is 1. The van der Waals surface area contributed by atoms with Crippen molar-refractivity contribution in [1.29, 1.82) is 0 Å². The van der Waals surface area contributed by atoms with Gasteiger partial charge in [-0.2, -0.15) is 0 Å². The molecule has 8 heteroatoms. The molecule has 7 nitrogen and oxygen atoms in total. The van der Waals surface area contributed by atoms with Crippen molar-refractivity contribution in [2.45, 2.75) is 0 Å². The first kappa shape index (κ1) is 15.9. The number of aromatic nitrogens is 3. The van der Waals surface area contributed by atoms with E-state index in [0.717, 1.165) is 16.0 Å². The molecule has 0 N–H and O–H groups in total. The monoisotopic (exact) mass is 356 g/mol. The fraction of sp³-hybridized carbons (Fsp3) is 0.294. The van der Waals surface area contributed by atoms with Gasteiger partial charge in [-0.3, -0.25) is 4.98 Å². The number of fused-ring (bicyclic) bond motifs is 1. The Morgan fingerprint density at radius 3 is 2.84 bits per heavy atom. The molecule has 25 heavy (non-hydrogen) atoms. The lowest BCUT2D eigenvalue weighted by molar-refractivity contribution is 0.0603. The van der Waals surface area contributed by atoms with E-state index in [1.165, 1.54) is 18.4 Å². The van der Waals surface area contributed by atoms with Crippen molar-refractivity contribution in [3.63, 3.8) is 0 Å². The van der Waals surface area contributed by atoms with Crippen LogP contribution in [0.2, 0.25) is 0 Å². The Kier molecular flexibility index (Phi) is 4.29. The molecule has 0 unspecified atom stereocenters. The molecule has 0 spiro atoms. The van der Waals surface area contributed by atoms with Crippen LogP contribution in [-0.2, 0) is 9.47 Å². The van der Waals surface area contributed by atoms with Crippen LogP contribution < -0.4 is 4.90 Å². The van der Waals surface area contributed by atoms with Gasteiger partial charge in [0.1, 0.15) is 16.3 Å². The summed E-state index contributed by atoms with van der Waals surface area (Å²) in [5.74, 6) is 0.901. The fourth-order valence-corrected chi connectivity index (χ4v) is 3.70. The fourth-order valence-electron chi connectivity index (χ4n) is 2.80. The number of anilines is 1. The summed E-state index contributed by atoms with van der Waals surface area (Å²) in [5.41, 5.74) is 1.20. The lowest BCUT2D eigenvalue weighted by Crippen LogP contribution is -2.37. The summed E-state index contributed by atoms with van der Waals surface area (Å²) >= 11 is 1.41. The largest absolute Gasteiger partial charge is 0.465 e. The first-order chi connectivity index (χ1) is 12.3. The zero-order valence-corrected chi connectivity index (χ0v) is 14.5. The summed E-state index contributed by atoms with van der Waals surface area (Å²) < 4.78 is 10.4. The minimum atomic E-state index is -0.380. The number of carbonyl (C=O) groups is 1. The second-order valence-electron chi connectivity index (χ2n) is 5.51. The van der Waals surface area contributed by atoms with Gasteiger partial charge >= 0.3 is 5.97 Å². The zero-order valence-electron chi connectivity index (χ0n) is 13.6. The van der Waals surface area contributed by atoms with Crippen molar-refractivity contribution in [2.75, 3.05) is 38.3 Å². The molecule has 1 aliphatic heterocycles. The van der Waals surface area contributed by atoms with Crippen LogP contribution in [-0.4, -0.2) is 54.3 Å². The van der Waals surface area contributed by atoms with Gasteiger partial charge in [-0.1, -0.05) is 6.07 Å². The molecule has 0 amide bonds. The number of rotatable bonds is 3. The molecule has 3 aromatic rings. The Morgan fingerprint density at radius 2 is 2.12 bits per heavy atom. The van der Waals surface area contributed by atoms with E-state index in [-0.39, 0.29) is 5.97 Å². The van der Waals surface area contributed by atoms with Gasteiger partial charge in [-0.15, -0.1) is 11.3 Å². The van der Waals surface area contributed by atoms with Crippen molar-refractivity contribution in [3.05, 3.63) is 35.3 Å². The maximum atomic E-state index is 12.2. The van der Waals surface area contributed by atoms with Gasteiger partial charge in [0, 0.05) is 24.7 Å². The molecule has 4 rings (SSSR count). The molecule has 4 heterocycles. The molecule has 0 aromatic carbocycles. The van der Waals surface area contributed by atoms with Gasteiger partial charge in [-0.05, 0) is 12.1 Å². The van der Waals surface area contributed by atoms with Gasteiger partial charge in [0.25, 0.3) is 0 Å². The van der Waals surface area contributed by atoms with Gasteiger partial charge in [-0.25, -0.2) is 14.8 Å². The van der Waals surface area contributed by atoms with E-state index in [1.54, 1.807) is 11.6 Å². The summed E-state index contributed by atoms with van der Waals surface area (Å²) in [6, 6.07) is 5.63. The topological polar surface area (TPSA) is 77.4 Å². The molecule has 1 saturated heterocycles. The first-order valence-corrected chi connectivity index (χ1v) is 8.77. The quantitative estimate of drug-likeness (QED) is 0.667.